The summed E-state index contributed by atoms with van der Waals surface area (Å²) in [6, 6.07) is 13.6. The van der Waals surface area contributed by atoms with Gasteiger partial charge < -0.3 is 44.8 Å². The zero-order valence-corrected chi connectivity index (χ0v) is 30.1. The van der Waals surface area contributed by atoms with Gasteiger partial charge in [0.05, 0.1) is 43.1 Å². The number of nitrogen functional groups attached to an aromatic ring is 1. The quantitative estimate of drug-likeness (QED) is 0.134. The van der Waals surface area contributed by atoms with Gasteiger partial charge in [-0.25, -0.2) is 9.97 Å². The van der Waals surface area contributed by atoms with Crippen LogP contribution in [0.5, 0.6) is 11.5 Å². The number of nitrogens with zero attached hydrogens (tertiary/aromatic N) is 4. The third kappa shape index (κ3) is 7.38. The van der Waals surface area contributed by atoms with Crippen LogP contribution >= 0.6 is 0 Å². The van der Waals surface area contributed by atoms with Crippen molar-refractivity contribution in [1.29, 1.82) is 0 Å². The smallest absolute Gasteiger partial charge is 0.224 e. The highest BCUT2D eigenvalue weighted by molar-refractivity contribution is 6.32. The number of nitrogens with one attached hydrogen (secondary N) is 2. The van der Waals surface area contributed by atoms with E-state index in [1.165, 1.54) is 0 Å². The lowest BCUT2D eigenvalue weighted by Gasteiger charge is -2.42. The Hall–Kier alpha value is -4.33. The summed E-state index contributed by atoms with van der Waals surface area (Å²) >= 11 is 0. The van der Waals surface area contributed by atoms with Crippen molar-refractivity contribution in [3.8, 4) is 11.5 Å². The fourth-order valence-electron chi connectivity index (χ4n) is 8.12. The van der Waals surface area contributed by atoms with Gasteiger partial charge in [-0.2, -0.15) is 0 Å². The summed E-state index contributed by atoms with van der Waals surface area (Å²) in [6.45, 7) is 5.45. The predicted molar refractivity (Wildman–Crippen MR) is 199 cm³/mol. The zero-order valence-electron chi connectivity index (χ0n) is 30.1. The summed E-state index contributed by atoms with van der Waals surface area (Å²) < 4.78 is 26.4. The topological polar surface area (TPSA) is 138 Å². The number of anilines is 3. The van der Waals surface area contributed by atoms with Crippen molar-refractivity contribution in [1.82, 2.24) is 19.4 Å². The molecule has 1 aliphatic heterocycles. The summed E-state index contributed by atoms with van der Waals surface area (Å²) in [7, 11) is 11.3. The van der Waals surface area contributed by atoms with E-state index in [9.17, 15) is 4.79 Å². The molecular formula is C38H48BN7O5. The number of fused-ring (bicyclic) bond motifs is 2. The van der Waals surface area contributed by atoms with Gasteiger partial charge >= 0.3 is 0 Å². The number of carbonyl (C=O) groups excluding carboxylic acids is 1. The lowest BCUT2D eigenvalue weighted by molar-refractivity contribution is -0.161. The average molecular weight is 694 g/mol. The monoisotopic (exact) mass is 693 g/mol. The predicted octanol–water partition coefficient (Wildman–Crippen LogP) is 4.65. The first-order valence-corrected chi connectivity index (χ1v) is 17.8. The molecule has 3 aliphatic rings. The summed E-state index contributed by atoms with van der Waals surface area (Å²) in [6.07, 6.45) is 8.02. The number of aromatic nitrogens is 3. The third-order valence-electron chi connectivity index (χ3n) is 10.8. The molecule has 4 atom stereocenters. The van der Waals surface area contributed by atoms with E-state index in [0.717, 1.165) is 66.1 Å². The minimum atomic E-state index is -0.661. The highest BCUT2D eigenvalue weighted by Crippen LogP contribution is 2.48. The minimum Gasteiger partial charge on any atom is -0.497 e. The lowest BCUT2D eigenvalue weighted by atomic mass is 9.76. The Balaban J connectivity index is 0.972. The Morgan fingerprint density at radius 3 is 2.65 bits per heavy atom. The van der Waals surface area contributed by atoms with Crippen LogP contribution in [0.25, 0.3) is 11.0 Å². The van der Waals surface area contributed by atoms with E-state index in [1.54, 1.807) is 38.7 Å². The molecule has 7 rings (SSSR count). The highest BCUT2D eigenvalue weighted by Gasteiger charge is 2.55. The second-order valence-electron chi connectivity index (χ2n) is 14.7. The van der Waals surface area contributed by atoms with E-state index < -0.39 is 5.79 Å². The van der Waals surface area contributed by atoms with Crippen molar-refractivity contribution in [2.24, 2.45) is 11.8 Å². The molecule has 1 amide bonds. The average Bonchev–Trinajstić information content (AvgIpc) is 3.75. The molecule has 2 aromatic carbocycles. The maximum Gasteiger partial charge on any atom is 0.224 e. The van der Waals surface area contributed by atoms with Crippen molar-refractivity contribution >= 4 is 47.4 Å². The van der Waals surface area contributed by atoms with Gasteiger partial charge in [-0.3, -0.25) is 4.79 Å². The van der Waals surface area contributed by atoms with Crippen LogP contribution in [0.4, 0.5) is 17.2 Å². The number of hydrogen-bond acceptors (Lipinski definition) is 10. The van der Waals surface area contributed by atoms with Crippen molar-refractivity contribution in [3.63, 3.8) is 0 Å². The number of nitrogens with two attached hydrogens (primary N) is 1. The van der Waals surface area contributed by atoms with Crippen LogP contribution in [-0.4, -0.2) is 85.0 Å². The molecule has 268 valence electrons. The molecule has 0 bridgehead atoms. The summed E-state index contributed by atoms with van der Waals surface area (Å²) in [5.74, 6) is 2.40. The Labute approximate surface area is 300 Å². The molecule has 4 aromatic rings. The molecule has 2 aliphatic carbocycles. The van der Waals surface area contributed by atoms with Crippen LogP contribution in [0.15, 0.2) is 55.0 Å². The van der Waals surface area contributed by atoms with Gasteiger partial charge in [-0.15, -0.1) is 0 Å². The van der Waals surface area contributed by atoms with Crippen molar-refractivity contribution in [2.45, 2.75) is 82.6 Å². The number of hydrogen-bond donors (Lipinski definition) is 3. The molecule has 0 unspecified atom stereocenters. The van der Waals surface area contributed by atoms with Crippen LogP contribution < -0.4 is 31.3 Å². The van der Waals surface area contributed by atoms with Gasteiger partial charge in [0.15, 0.2) is 5.79 Å². The number of carbonyl (C=O) groups is 1. The maximum atomic E-state index is 12.6. The van der Waals surface area contributed by atoms with Gasteiger partial charge in [0.1, 0.15) is 43.2 Å². The molecular weight excluding hydrogens is 645 g/mol. The fraction of sp³-hybridized carbons (Fsp3) is 0.500. The lowest BCUT2D eigenvalue weighted by Crippen LogP contribution is -2.46. The van der Waals surface area contributed by atoms with Crippen molar-refractivity contribution in [2.75, 3.05) is 44.2 Å². The van der Waals surface area contributed by atoms with E-state index in [4.69, 9.17) is 37.5 Å². The van der Waals surface area contributed by atoms with Gasteiger partial charge in [0.2, 0.25) is 5.91 Å². The maximum absolute atomic E-state index is 12.6. The van der Waals surface area contributed by atoms with Crippen molar-refractivity contribution in [3.05, 3.63) is 60.6 Å². The largest absolute Gasteiger partial charge is 0.497 e. The van der Waals surface area contributed by atoms with Gasteiger partial charge in [0, 0.05) is 49.3 Å². The number of rotatable bonds is 13. The van der Waals surface area contributed by atoms with Crippen LogP contribution in [0.3, 0.4) is 0 Å². The van der Waals surface area contributed by atoms with E-state index in [1.807, 2.05) is 32.0 Å². The van der Waals surface area contributed by atoms with Crippen LogP contribution in [-0.2, 0) is 20.8 Å². The molecule has 3 heterocycles. The minimum absolute atomic E-state index is 0.0181. The van der Waals surface area contributed by atoms with E-state index in [-0.39, 0.29) is 24.2 Å². The van der Waals surface area contributed by atoms with E-state index in [0.29, 0.717) is 47.7 Å². The van der Waals surface area contributed by atoms with Gasteiger partial charge in [-0.1, -0.05) is 11.5 Å². The Morgan fingerprint density at radius 1 is 1.08 bits per heavy atom. The normalized spacial score (nSPS) is 25.1. The molecule has 0 spiro atoms. The molecule has 2 radical (unpaired) electrons. The number of amides is 1. The number of methoxy groups -OCH3 is 2. The van der Waals surface area contributed by atoms with E-state index >= 15 is 0 Å². The first kappa shape index (κ1) is 35.1. The first-order valence-electron chi connectivity index (χ1n) is 17.8. The molecule has 13 heteroatoms. The van der Waals surface area contributed by atoms with Crippen molar-refractivity contribution < 1.29 is 23.7 Å². The molecule has 51 heavy (non-hydrogen) atoms. The molecule has 2 aromatic heterocycles. The van der Waals surface area contributed by atoms with Crippen LogP contribution in [0, 0.1) is 11.8 Å². The van der Waals surface area contributed by atoms with Crippen LogP contribution in [0.1, 0.15) is 57.6 Å². The number of ether oxygens (including phenoxy) is 4. The first-order chi connectivity index (χ1) is 24.5. The standard InChI is InChI=1S/C38H48BN7O5/c1-38(2)50-34-24(20-45(3)26-14-22(15-26)6-11-33(47)44-30-10-8-25(39)17-29(30)40)16-31(35(34)51-38)46-13-12-28-36(42-21-43-37(28)46)41-19-23-7-9-27(48-4)18-32(23)49-5/h7-10,12-13,17-18,21-22,24,26,31,34-35H,6,11,14-16,19-20,40H2,1-5H3,(H,44,47)(H,41,42,43)/t22?,24-,26?,31-,34-,35+/m1/s1. The SMILES string of the molecule is [B]c1ccc(NC(=O)CCC2CC(N(C)C[C@H]3C[C@@H](n4ccc5c(NCc6ccc(OC)cc6OC)ncnc54)[C@@H]4OC(C)(C)O[C@H]34)C2)c(N)c1. The Morgan fingerprint density at radius 2 is 1.88 bits per heavy atom. The highest BCUT2D eigenvalue weighted by atomic mass is 16.8. The summed E-state index contributed by atoms with van der Waals surface area (Å²) in [5, 5.41) is 7.37. The van der Waals surface area contributed by atoms with E-state index in [2.05, 4.69) is 44.4 Å². The Bertz CT molecular complexity index is 1880. The summed E-state index contributed by atoms with van der Waals surface area (Å²) in [4.78, 5) is 24.4. The second-order valence-corrected chi connectivity index (χ2v) is 14.7. The molecule has 1 saturated heterocycles. The summed E-state index contributed by atoms with van der Waals surface area (Å²) in [5.41, 5.74) is 9.53. The van der Waals surface area contributed by atoms with Gasteiger partial charge in [0.25, 0.3) is 0 Å². The molecule has 12 nitrogen and oxygen atoms in total. The third-order valence-corrected chi connectivity index (χ3v) is 10.8. The van der Waals surface area contributed by atoms with Crippen LogP contribution in [0.2, 0.25) is 0 Å². The Kier molecular flexibility index (Phi) is 9.88. The number of benzene rings is 2. The van der Waals surface area contributed by atoms with Gasteiger partial charge in [-0.05, 0) is 82.8 Å². The molecule has 3 fully saturated rings. The molecule has 4 N–H and O–H groups in total. The fourth-order valence-corrected chi connectivity index (χ4v) is 8.12. The molecule has 2 saturated carbocycles. The second kappa shape index (κ2) is 14.4. The zero-order chi connectivity index (χ0) is 35.9.